The van der Waals surface area contributed by atoms with Crippen LogP contribution < -0.4 is 10.2 Å². The Morgan fingerprint density at radius 2 is 2.00 bits per heavy atom. The van der Waals surface area contributed by atoms with Gasteiger partial charge in [0, 0.05) is 38.4 Å². The third-order valence-electron chi connectivity index (χ3n) is 3.18. The molecule has 3 aromatic rings. The second-order valence-electron chi connectivity index (χ2n) is 4.98. The van der Waals surface area contributed by atoms with Crippen LogP contribution in [-0.2, 0) is 6.54 Å². The van der Waals surface area contributed by atoms with E-state index in [0.717, 1.165) is 29.8 Å². The lowest BCUT2D eigenvalue weighted by Crippen LogP contribution is -2.16. The minimum absolute atomic E-state index is 0.704. The van der Waals surface area contributed by atoms with Crippen LogP contribution in [0.4, 0.5) is 11.8 Å². The summed E-state index contributed by atoms with van der Waals surface area (Å²) in [4.78, 5) is 11.1. The maximum atomic E-state index is 4.59. The summed E-state index contributed by atoms with van der Waals surface area (Å²) in [6.07, 6.45) is 3.73. The fraction of sp³-hybridized carbons (Fsp3) is 0.267. The van der Waals surface area contributed by atoms with Gasteiger partial charge in [0.15, 0.2) is 0 Å². The molecule has 108 valence electrons. The third kappa shape index (κ3) is 2.94. The highest BCUT2D eigenvalue weighted by atomic mass is 15.3. The van der Waals surface area contributed by atoms with E-state index < -0.39 is 0 Å². The van der Waals surface area contributed by atoms with Gasteiger partial charge in [0.1, 0.15) is 5.82 Å². The van der Waals surface area contributed by atoms with Crippen molar-refractivity contribution in [3.05, 3.63) is 42.7 Å². The molecule has 0 aliphatic carbocycles. The van der Waals surface area contributed by atoms with Gasteiger partial charge in [-0.2, -0.15) is 10.1 Å². The first-order valence-corrected chi connectivity index (χ1v) is 6.89. The molecule has 2 aromatic heterocycles. The van der Waals surface area contributed by atoms with Crippen LogP contribution in [0.25, 0.3) is 10.9 Å². The number of anilines is 2. The van der Waals surface area contributed by atoms with Crippen molar-refractivity contribution in [2.45, 2.75) is 6.54 Å². The molecule has 6 heteroatoms. The topological polar surface area (TPSA) is 58.9 Å². The molecule has 0 saturated carbocycles. The Bertz CT molecular complexity index is 720. The molecule has 1 N–H and O–H groups in total. The molecule has 3 rings (SSSR count). The number of para-hydroxylation sites is 1. The Labute approximate surface area is 123 Å². The maximum absolute atomic E-state index is 4.59. The minimum Gasteiger partial charge on any atom is -0.368 e. The summed E-state index contributed by atoms with van der Waals surface area (Å²) in [6.45, 7) is 1.55. The molecule has 0 bridgehead atoms. The van der Waals surface area contributed by atoms with E-state index in [-0.39, 0.29) is 0 Å². The van der Waals surface area contributed by atoms with E-state index in [0.29, 0.717) is 5.95 Å². The van der Waals surface area contributed by atoms with E-state index in [1.165, 1.54) is 0 Å². The SMILES string of the molecule is CN(C)c1nc(NCCn2cccn2)c2ccccc2n1. The lowest BCUT2D eigenvalue weighted by molar-refractivity contribution is 0.637. The molecule has 0 atom stereocenters. The van der Waals surface area contributed by atoms with Crippen molar-refractivity contribution in [1.29, 1.82) is 0 Å². The van der Waals surface area contributed by atoms with Crippen molar-refractivity contribution in [2.75, 3.05) is 30.9 Å². The van der Waals surface area contributed by atoms with E-state index in [1.807, 2.05) is 60.2 Å². The number of aromatic nitrogens is 4. The average Bonchev–Trinajstić information content (AvgIpc) is 3.00. The number of benzene rings is 1. The molecule has 6 nitrogen and oxygen atoms in total. The maximum Gasteiger partial charge on any atom is 0.227 e. The van der Waals surface area contributed by atoms with Crippen LogP contribution in [0.3, 0.4) is 0 Å². The lowest BCUT2D eigenvalue weighted by atomic mass is 10.2. The molecule has 2 heterocycles. The summed E-state index contributed by atoms with van der Waals surface area (Å²) in [6, 6.07) is 9.94. The van der Waals surface area contributed by atoms with Crippen LogP contribution in [0.5, 0.6) is 0 Å². The number of rotatable bonds is 5. The average molecular weight is 282 g/mol. The van der Waals surface area contributed by atoms with Crippen LogP contribution in [0.2, 0.25) is 0 Å². The van der Waals surface area contributed by atoms with Gasteiger partial charge in [0.05, 0.1) is 12.1 Å². The predicted octanol–water partition coefficient (Wildman–Crippen LogP) is 2.00. The predicted molar refractivity (Wildman–Crippen MR) is 84.6 cm³/mol. The van der Waals surface area contributed by atoms with Crippen molar-refractivity contribution < 1.29 is 0 Å². The van der Waals surface area contributed by atoms with Crippen molar-refractivity contribution in [2.24, 2.45) is 0 Å². The van der Waals surface area contributed by atoms with Crippen molar-refractivity contribution in [3.63, 3.8) is 0 Å². The van der Waals surface area contributed by atoms with Gasteiger partial charge in [-0.15, -0.1) is 0 Å². The number of fused-ring (bicyclic) bond motifs is 1. The number of hydrogen-bond acceptors (Lipinski definition) is 5. The van der Waals surface area contributed by atoms with E-state index in [4.69, 9.17) is 0 Å². The number of nitrogens with zero attached hydrogens (tertiary/aromatic N) is 5. The Hall–Kier alpha value is -2.63. The summed E-state index contributed by atoms with van der Waals surface area (Å²) in [5, 5.41) is 8.60. The third-order valence-corrected chi connectivity index (χ3v) is 3.18. The van der Waals surface area contributed by atoms with Gasteiger partial charge >= 0.3 is 0 Å². The van der Waals surface area contributed by atoms with Crippen LogP contribution in [0, 0.1) is 0 Å². The molecule has 1 aromatic carbocycles. The second kappa shape index (κ2) is 5.78. The molecule has 0 amide bonds. The first-order valence-electron chi connectivity index (χ1n) is 6.89. The number of nitrogens with one attached hydrogen (secondary N) is 1. The Kier molecular flexibility index (Phi) is 3.68. The van der Waals surface area contributed by atoms with E-state index in [9.17, 15) is 0 Å². The van der Waals surface area contributed by atoms with Gasteiger partial charge in [0.2, 0.25) is 5.95 Å². The molecule has 0 fully saturated rings. The highest BCUT2D eigenvalue weighted by Crippen LogP contribution is 2.22. The smallest absolute Gasteiger partial charge is 0.227 e. The lowest BCUT2D eigenvalue weighted by Gasteiger charge is -2.14. The fourth-order valence-corrected chi connectivity index (χ4v) is 2.12. The van der Waals surface area contributed by atoms with Gasteiger partial charge in [-0.3, -0.25) is 4.68 Å². The highest BCUT2D eigenvalue weighted by molar-refractivity contribution is 5.90. The van der Waals surface area contributed by atoms with Crippen LogP contribution in [0.1, 0.15) is 0 Å². The highest BCUT2D eigenvalue weighted by Gasteiger charge is 2.08. The summed E-state index contributed by atoms with van der Waals surface area (Å²) < 4.78 is 1.89. The van der Waals surface area contributed by atoms with Gasteiger partial charge in [-0.25, -0.2) is 4.98 Å². The first kappa shape index (κ1) is 13.4. The standard InChI is InChI=1S/C15H18N6/c1-20(2)15-18-13-7-4-3-6-12(13)14(19-15)16-9-11-21-10-5-8-17-21/h3-8,10H,9,11H2,1-2H3,(H,16,18,19). The van der Waals surface area contributed by atoms with E-state index >= 15 is 0 Å². The molecule has 21 heavy (non-hydrogen) atoms. The van der Waals surface area contributed by atoms with Crippen molar-refractivity contribution >= 4 is 22.7 Å². The molecular weight excluding hydrogens is 264 g/mol. The van der Waals surface area contributed by atoms with Gasteiger partial charge in [0.25, 0.3) is 0 Å². The minimum atomic E-state index is 0.704. The summed E-state index contributed by atoms with van der Waals surface area (Å²) in [5.74, 6) is 1.56. The zero-order valence-corrected chi connectivity index (χ0v) is 12.2. The van der Waals surface area contributed by atoms with Gasteiger partial charge in [-0.05, 0) is 18.2 Å². The zero-order chi connectivity index (χ0) is 14.7. The van der Waals surface area contributed by atoms with Gasteiger partial charge in [-0.1, -0.05) is 12.1 Å². The van der Waals surface area contributed by atoms with Crippen molar-refractivity contribution in [3.8, 4) is 0 Å². The second-order valence-corrected chi connectivity index (χ2v) is 4.98. The molecule has 0 aliphatic heterocycles. The van der Waals surface area contributed by atoms with Crippen LogP contribution in [0.15, 0.2) is 42.7 Å². The monoisotopic (exact) mass is 282 g/mol. The van der Waals surface area contributed by atoms with Crippen molar-refractivity contribution in [1.82, 2.24) is 19.7 Å². The zero-order valence-electron chi connectivity index (χ0n) is 12.2. The molecule has 0 aliphatic rings. The van der Waals surface area contributed by atoms with Crippen LogP contribution >= 0.6 is 0 Å². The molecule has 0 radical (unpaired) electrons. The largest absolute Gasteiger partial charge is 0.368 e. The summed E-state index contributed by atoms with van der Waals surface area (Å²) in [5.41, 5.74) is 0.942. The molecular formula is C15H18N6. The van der Waals surface area contributed by atoms with Gasteiger partial charge < -0.3 is 10.2 Å². The summed E-state index contributed by atoms with van der Waals surface area (Å²) >= 11 is 0. The normalized spacial score (nSPS) is 10.8. The quantitative estimate of drug-likeness (QED) is 0.775. The van der Waals surface area contributed by atoms with E-state index in [1.54, 1.807) is 6.20 Å². The number of hydrogen-bond donors (Lipinski definition) is 1. The first-order chi connectivity index (χ1) is 10.2. The molecule has 0 saturated heterocycles. The van der Waals surface area contributed by atoms with E-state index in [2.05, 4.69) is 20.4 Å². The Balaban J connectivity index is 1.85. The fourth-order valence-electron chi connectivity index (χ4n) is 2.12. The summed E-state index contributed by atoms with van der Waals surface area (Å²) in [7, 11) is 3.88. The molecule has 0 spiro atoms. The van der Waals surface area contributed by atoms with Crippen LogP contribution in [-0.4, -0.2) is 40.4 Å². The Morgan fingerprint density at radius 3 is 2.76 bits per heavy atom. The Morgan fingerprint density at radius 1 is 1.14 bits per heavy atom. The molecule has 0 unspecified atom stereocenters.